The third kappa shape index (κ3) is 4.47. The molecule has 1 atom stereocenters. The molecular weight excluding hydrogens is 360 g/mol. The number of ether oxygens (including phenoxy) is 2. The average Bonchev–Trinajstić information content (AvgIpc) is 2.96. The first kappa shape index (κ1) is 20.2. The monoisotopic (exact) mass is 388 g/mol. The molecule has 1 saturated heterocycles. The van der Waals surface area contributed by atoms with E-state index in [0.29, 0.717) is 31.7 Å². The molecule has 1 aromatic carbocycles. The highest BCUT2D eigenvalue weighted by atomic mass is 16.6. The Labute approximate surface area is 165 Å². The maximum atomic E-state index is 12.6. The lowest BCUT2D eigenvalue weighted by atomic mass is 10.0. The Morgan fingerprint density at radius 2 is 1.82 bits per heavy atom. The van der Waals surface area contributed by atoms with Crippen LogP contribution in [0.15, 0.2) is 30.3 Å². The molecule has 3 rings (SSSR count). The number of benzene rings is 1. The van der Waals surface area contributed by atoms with Crippen LogP contribution >= 0.6 is 0 Å². The molecule has 1 aliphatic carbocycles. The first-order valence-corrected chi connectivity index (χ1v) is 9.57. The number of hydrogen-bond donors (Lipinski definition) is 1. The van der Waals surface area contributed by atoms with Crippen LogP contribution in [0.25, 0.3) is 5.76 Å². The van der Waals surface area contributed by atoms with Gasteiger partial charge in [-0.15, -0.1) is 0 Å². The van der Waals surface area contributed by atoms with Crippen LogP contribution in [0, 0.1) is 0 Å². The summed E-state index contributed by atoms with van der Waals surface area (Å²) in [6.07, 6.45) is 1.30. The molecule has 1 unspecified atom stereocenters. The number of carbonyl (C=O) groups is 2. The molecule has 0 saturated carbocycles. The van der Waals surface area contributed by atoms with Crippen LogP contribution in [-0.2, 0) is 9.47 Å². The summed E-state index contributed by atoms with van der Waals surface area (Å²) in [6.45, 7) is 6.58. The molecule has 1 aliphatic heterocycles. The number of amides is 2. The molecule has 152 valence electrons. The minimum absolute atomic E-state index is 0.0200. The number of likely N-dealkylation sites (tertiary alicyclic amines) is 1. The van der Waals surface area contributed by atoms with Gasteiger partial charge < -0.3 is 24.4 Å². The number of rotatable bonds is 2. The lowest BCUT2D eigenvalue weighted by Crippen LogP contribution is -2.48. The topological polar surface area (TPSA) is 79.3 Å². The maximum absolute atomic E-state index is 12.6. The van der Waals surface area contributed by atoms with Gasteiger partial charge in [-0.25, -0.2) is 9.59 Å². The minimum Gasteiger partial charge on any atom is -0.444 e. The molecule has 28 heavy (non-hydrogen) atoms. The van der Waals surface area contributed by atoms with Gasteiger partial charge in [0.2, 0.25) is 0 Å². The normalized spacial score (nSPS) is 19.7. The minimum atomic E-state index is -0.763. The van der Waals surface area contributed by atoms with E-state index in [2.05, 4.69) is 0 Å². The van der Waals surface area contributed by atoms with Crippen molar-refractivity contribution >= 4 is 17.9 Å². The Morgan fingerprint density at radius 3 is 2.46 bits per heavy atom. The number of carbonyl (C=O) groups excluding carboxylic acids is 2. The summed E-state index contributed by atoms with van der Waals surface area (Å²) in [5, 5.41) is 10.1. The molecule has 7 nitrogen and oxygen atoms in total. The molecule has 1 fully saturated rings. The van der Waals surface area contributed by atoms with Crippen molar-refractivity contribution in [2.45, 2.75) is 51.4 Å². The zero-order valence-electron chi connectivity index (χ0n) is 16.8. The Kier molecular flexibility index (Phi) is 5.65. The Bertz CT molecular complexity index is 775. The van der Waals surface area contributed by atoms with Crippen molar-refractivity contribution in [1.82, 2.24) is 9.80 Å². The van der Waals surface area contributed by atoms with Crippen molar-refractivity contribution in [1.29, 1.82) is 0 Å². The SMILES string of the molecule is CN(C(=O)OC1=CC(O)c2ccccc21)C1CCN(C(=O)OC(C)(C)C)CC1. The molecule has 1 aromatic rings. The summed E-state index contributed by atoms with van der Waals surface area (Å²) >= 11 is 0. The van der Waals surface area contributed by atoms with Gasteiger partial charge >= 0.3 is 12.2 Å². The van der Waals surface area contributed by atoms with Crippen molar-refractivity contribution in [3.05, 3.63) is 41.5 Å². The molecule has 2 amide bonds. The third-order valence-corrected chi connectivity index (χ3v) is 5.00. The molecule has 1 N–H and O–H groups in total. The summed E-state index contributed by atoms with van der Waals surface area (Å²) in [6, 6.07) is 7.30. The lowest BCUT2D eigenvalue weighted by Gasteiger charge is -2.36. The van der Waals surface area contributed by atoms with Gasteiger partial charge in [0.1, 0.15) is 17.5 Å². The van der Waals surface area contributed by atoms with Crippen LogP contribution in [0.2, 0.25) is 0 Å². The van der Waals surface area contributed by atoms with Crippen molar-refractivity contribution in [2.75, 3.05) is 20.1 Å². The van der Waals surface area contributed by atoms with Crippen LogP contribution < -0.4 is 0 Å². The summed E-state index contributed by atoms with van der Waals surface area (Å²) < 4.78 is 10.9. The van der Waals surface area contributed by atoms with Gasteiger partial charge in [-0.3, -0.25) is 0 Å². The van der Waals surface area contributed by atoms with Crippen molar-refractivity contribution < 1.29 is 24.2 Å². The fourth-order valence-electron chi connectivity index (χ4n) is 3.47. The Morgan fingerprint density at radius 1 is 1.18 bits per heavy atom. The average molecular weight is 388 g/mol. The lowest BCUT2D eigenvalue weighted by molar-refractivity contribution is 0.0163. The second-order valence-electron chi connectivity index (χ2n) is 8.24. The van der Waals surface area contributed by atoms with Crippen LogP contribution in [-0.4, -0.2) is 58.9 Å². The quantitative estimate of drug-likeness (QED) is 0.838. The van der Waals surface area contributed by atoms with Gasteiger partial charge in [0.05, 0.1) is 0 Å². The summed E-state index contributed by atoms with van der Waals surface area (Å²) in [5.41, 5.74) is 0.944. The first-order chi connectivity index (χ1) is 13.2. The van der Waals surface area contributed by atoms with E-state index in [1.165, 1.54) is 0 Å². The van der Waals surface area contributed by atoms with Gasteiger partial charge in [0, 0.05) is 31.7 Å². The highest BCUT2D eigenvalue weighted by Gasteiger charge is 2.32. The molecule has 0 aromatic heterocycles. The maximum Gasteiger partial charge on any atom is 0.415 e. The number of hydrogen-bond acceptors (Lipinski definition) is 5. The van der Waals surface area contributed by atoms with Crippen molar-refractivity contribution in [3.63, 3.8) is 0 Å². The Hall–Kier alpha value is -2.54. The van der Waals surface area contributed by atoms with Crippen LogP contribution in [0.4, 0.5) is 9.59 Å². The second-order valence-corrected chi connectivity index (χ2v) is 8.24. The predicted octanol–water partition coefficient (Wildman–Crippen LogP) is 3.54. The molecule has 0 radical (unpaired) electrons. The van der Waals surface area contributed by atoms with Crippen LogP contribution in [0.3, 0.4) is 0 Å². The smallest absolute Gasteiger partial charge is 0.415 e. The van der Waals surface area contributed by atoms with E-state index in [9.17, 15) is 14.7 Å². The predicted molar refractivity (Wildman–Crippen MR) is 104 cm³/mol. The van der Waals surface area contributed by atoms with Crippen LogP contribution in [0.5, 0.6) is 0 Å². The Balaban J connectivity index is 1.54. The van der Waals surface area contributed by atoms with E-state index in [0.717, 1.165) is 11.1 Å². The highest BCUT2D eigenvalue weighted by molar-refractivity contribution is 5.80. The summed E-state index contributed by atoms with van der Waals surface area (Å²) in [4.78, 5) is 28.0. The molecule has 0 spiro atoms. The standard InChI is InChI=1S/C21H28N2O5/c1-21(2,3)28-20(26)23-11-9-14(10-12-23)22(4)19(25)27-18-13-17(24)15-7-5-6-8-16(15)18/h5-8,13-14,17,24H,9-12H2,1-4H3. The number of fused-ring (bicyclic) bond motifs is 1. The molecule has 0 bridgehead atoms. The molecule has 7 heteroatoms. The van der Waals surface area contributed by atoms with E-state index in [1.54, 1.807) is 22.9 Å². The first-order valence-electron chi connectivity index (χ1n) is 9.57. The van der Waals surface area contributed by atoms with Gasteiger partial charge in [0.25, 0.3) is 0 Å². The number of piperidine rings is 1. The van der Waals surface area contributed by atoms with Gasteiger partial charge in [-0.2, -0.15) is 0 Å². The fourth-order valence-corrected chi connectivity index (χ4v) is 3.47. The zero-order chi connectivity index (χ0) is 20.5. The van der Waals surface area contributed by atoms with Gasteiger partial charge in [0.15, 0.2) is 0 Å². The number of aliphatic hydroxyl groups excluding tert-OH is 1. The van der Waals surface area contributed by atoms with E-state index in [1.807, 2.05) is 45.0 Å². The second kappa shape index (κ2) is 7.83. The van der Waals surface area contributed by atoms with E-state index in [4.69, 9.17) is 9.47 Å². The molecular formula is C21H28N2O5. The summed E-state index contributed by atoms with van der Waals surface area (Å²) in [5.74, 6) is 0.381. The number of aliphatic hydroxyl groups is 1. The van der Waals surface area contributed by atoms with E-state index >= 15 is 0 Å². The van der Waals surface area contributed by atoms with Gasteiger partial charge in [-0.1, -0.05) is 24.3 Å². The zero-order valence-corrected chi connectivity index (χ0v) is 16.8. The highest BCUT2D eigenvalue weighted by Crippen LogP contribution is 2.35. The summed E-state index contributed by atoms with van der Waals surface area (Å²) in [7, 11) is 1.70. The fraction of sp³-hybridized carbons (Fsp3) is 0.524. The van der Waals surface area contributed by atoms with E-state index < -0.39 is 17.8 Å². The van der Waals surface area contributed by atoms with E-state index in [-0.39, 0.29) is 12.1 Å². The van der Waals surface area contributed by atoms with Crippen molar-refractivity contribution in [3.8, 4) is 0 Å². The number of nitrogens with zero attached hydrogens (tertiary/aromatic N) is 2. The largest absolute Gasteiger partial charge is 0.444 e. The van der Waals surface area contributed by atoms with Crippen molar-refractivity contribution in [2.24, 2.45) is 0 Å². The molecule has 1 heterocycles. The van der Waals surface area contributed by atoms with Gasteiger partial charge in [-0.05, 0) is 45.3 Å². The third-order valence-electron chi connectivity index (χ3n) is 5.00. The molecule has 2 aliphatic rings. The van der Waals surface area contributed by atoms with Crippen LogP contribution in [0.1, 0.15) is 50.8 Å².